The number of halogens is 2. The molecule has 1 heterocycles. The molecule has 1 N–H and O–H groups in total. The number of alkyl halides is 2. The lowest BCUT2D eigenvalue weighted by Gasteiger charge is -2.26. The van der Waals surface area contributed by atoms with Crippen LogP contribution in [-0.2, 0) is 19.5 Å². The van der Waals surface area contributed by atoms with Crippen molar-refractivity contribution in [2.75, 3.05) is 13.7 Å². The van der Waals surface area contributed by atoms with Gasteiger partial charge >= 0.3 is 0 Å². The van der Waals surface area contributed by atoms with Crippen LogP contribution in [0.15, 0.2) is 30.6 Å². The van der Waals surface area contributed by atoms with Crippen molar-refractivity contribution in [3.8, 4) is 5.75 Å². The Balaban J connectivity index is 1.55. The lowest BCUT2D eigenvalue weighted by Crippen LogP contribution is -2.24. The number of nitrogens with zero attached hydrogens (tertiary/aromatic N) is 2. The summed E-state index contributed by atoms with van der Waals surface area (Å²) in [5, 5.41) is 7.40. The quantitative estimate of drug-likeness (QED) is 0.843. The van der Waals surface area contributed by atoms with Crippen LogP contribution < -0.4 is 10.1 Å². The smallest absolute Gasteiger partial charge is 0.257 e. The molecule has 130 valence electrons. The predicted octanol–water partition coefficient (Wildman–Crippen LogP) is 3.37. The molecule has 0 aliphatic heterocycles. The number of nitrogens with one attached hydrogen (secondary N) is 1. The molecule has 1 aromatic carbocycles. The van der Waals surface area contributed by atoms with Crippen molar-refractivity contribution >= 4 is 0 Å². The van der Waals surface area contributed by atoms with Crippen LogP contribution in [0.2, 0.25) is 0 Å². The van der Waals surface area contributed by atoms with Crippen molar-refractivity contribution in [3.05, 3.63) is 47.3 Å². The van der Waals surface area contributed by atoms with Gasteiger partial charge in [-0.1, -0.05) is 6.07 Å². The number of fused-ring (bicyclic) bond motifs is 1. The van der Waals surface area contributed by atoms with Gasteiger partial charge in [0.25, 0.3) is 6.43 Å². The number of aromatic nitrogens is 2. The number of aryl methyl sites for hydroxylation is 1. The number of methoxy groups -OCH3 is 1. The third kappa shape index (κ3) is 4.12. The lowest BCUT2D eigenvalue weighted by molar-refractivity contribution is 0.122. The van der Waals surface area contributed by atoms with E-state index < -0.39 is 6.43 Å². The first kappa shape index (κ1) is 16.9. The summed E-state index contributed by atoms with van der Waals surface area (Å²) in [6.45, 7) is 1.17. The largest absolute Gasteiger partial charge is 0.497 e. The Labute approximate surface area is 140 Å². The minimum Gasteiger partial charge on any atom is -0.497 e. The summed E-state index contributed by atoms with van der Waals surface area (Å²) in [4.78, 5) is 0. The van der Waals surface area contributed by atoms with E-state index in [1.54, 1.807) is 19.5 Å². The van der Waals surface area contributed by atoms with E-state index in [9.17, 15) is 8.78 Å². The summed E-state index contributed by atoms with van der Waals surface area (Å²) >= 11 is 0. The zero-order chi connectivity index (χ0) is 16.9. The molecule has 4 nitrogen and oxygen atoms in total. The summed E-state index contributed by atoms with van der Waals surface area (Å²) in [5.74, 6) is 1.39. The van der Waals surface area contributed by atoms with Crippen molar-refractivity contribution in [1.82, 2.24) is 15.1 Å². The van der Waals surface area contributed by atoms with Crippen LogP contribution in [0.1, 0.15) is 35.4 Å². The second-order valence-corrected chi connectivity index (χ2v) is 6.25. The fraction of sp³-hybridized carbons (Fsp3) is 0.500. The SMILES string of the molecule is COc1ccc2c(c1)CCCC2CNCc1cnn(CC(F)F)c1. The molecule has 1 aliphatic carbocycles. The van der Waals surface area contributed by atoms with E-state index in [1.165, 1.54) is 22.2 Å². The average Bonchev–Trinajstić information content (AvgIpc) is 3.01. The first-order valence-corrected chi connectivity index (χ1v) is 8.32. The predicted molar refractivity (Wildman–Crippen MR) is 88.6 cm³/mol. The Hall–Kier alpha value is -1.95. The first-order valence-electron chi connectivity index (χ1n) is 8.32. The zero-order valence-electron chi connectivity index (χ0n) is 13.8. The molecule has 0 saturated heterocycles. The average molecular weight is 335 g/mol. The minimum absolute atomic E-state index is 0.349. The van der Waals surface area contributed by atoms with Crippen molar-refractivity contribution in [2.45, 2.75) is 44.7 Å². The molecule has 0 saturated carbocycles. The number of hydrogen-bond acceptors (Lipinski definition) is 3. The van der Waals surface area contributed by atoms with E-state index in [4.69, 9.17) is 4.74 Å². The van der Waals surface area contributed by atoms with Crippen LogP contribution in [0.5, 0.6) is 5.75 Å². The fourth-order valence-electron chi connectivity index (χ4n) is 3.36. The van der Waals surface area contributed by atoms with Crippen molar-refractivity contribution in [1.29, 1.82) is 0 Å². The van der Waals surface area contributed by atoms with Crippen LogP contribution in [0, 0.1) is 0 Å². The molecule has 1 aromatic heterocycles. The van der Waals surface area contributed by atoms with Crippen LogP contribution in [0.4, 0.5) is 8.78 Å². The summed E-state index contributed by atoms with van der Waals surface area (Å²) in [7, 11) is 1.69. The van der Waals surface area contributed by atoms with Crippen LogP contribution in [0.25, 0.3) is 0 Å². The van der Waals surface area contributed by atoms with Gasteiger partial charge in [-0.3, -0.25) is 4.68 Å². The minimum atomic E-state index is -2.37. The van der Waals surface area contributed by atoms with Crippen molar-refractivity contribution in [3.63, 3.8) is 0 Å². The highest BCUT2D eigenvalue weighted by atomic mass is 19.3. The van der Waals surface area contributed by atoms with Gasteiger partial charge in [0.15, 0.2) is 0 Å². The standard InChI is InChI=1S/C18H23F2N3O/c1-24-16-5-6-17-14(7-16)3-2-4-15(17)10-21-8-13-9-22-23(11-13)12-18(19)20/h5-7,9,11,15,18,21H,2-4,8,10,12H2,1H3. The third-order valence-electron chi connectivity index (χ3n) is 4.52. The van der Waals surface area contributed by atoms with Crippen molar-refractivity contribution < 1.29 is 13.5 Å². The Morgan fingerprint density at radius 2 is 2.29 bits per heavy atom. The van der Waals surface area contributed by atoms with Gasteiger partial charge in [-0.15, -0.1) is 0 Å². The molecule has 0 radical (unpaired) electrons. The van der Waals surface area contributed by atoms with Crippen LogP contribution in [0.3, 0.4) is 0 Å². The van der Waals surface area contributed by atoms with Gasteiger partial charge in [-0.05, 0) is 48.4 Å². The van der Waals surface area contributed by atoms with Gasteiger partial charge in [-0.25, -0.2) is 8.78 Å². The summed E-state index contributed by atoms with van der Waals surface area (Å²) < 4.78 is 31.3. The maximum absolute atomic E-state index is 12.3. The molecule has 24 heavy (non-hydrogen) atoms. The Morgan fingerprint density at radius 3 is 3.08 bits per heavy atom. The number of hydrogen-bond donors (Lipinski definition) is 1. The molecular formula is C18H23F2N3O. The fourth-order valence-corrected chi connectivity index (χ4v) is 3.36. The molecule has 0 amide bonds. The Bertz CT molecular complexity index is 672. The van der Waals surface area contributed by atoms with Gasteiger partial charge < -0.3 is 10.1 Å². The van der Waals surface area contributed by atoms with E-state index in [1.807, 2.05) is 6.07 Å². The highest BCUT2D eigenvalue weighted by Crippen LogP contribution is 2.33. The molecular weight excluding hydrogens is 312 g/mol. The third-order valence-corrected chi connectivity index (χ3v) is 4.52. The maximum Gasteiger partial charge on any atom is 0.257 e. The monoisotopic (exact) mass is 335 g/mol. The maximum atomic E-state index is 12.3. The topological polar surface area (TPSA) is 39.1 Å². The Morgan fingerprint density at radius 1 is 1.42 bits per heavy atom. The number of ether oxygens (including phenoxy) is 1. The molecule has 0 bridgehead atoms. The molecule has 1 atom stereocenters. The van der Waals surface area contributed by atoms with Gasteiger partial charge in [0.05, 0.1) is 13.3 Å². The molecule has 2 aromatic rings. The second-order valence-electron chi connectivity index (χ2n) is 6.25. The first-order chi connectivity index (χ1) is 11.7. The van der Waals surface area contributed by atoms with Crippen molar-refractivity contribution in [2.24, 2.45) is 0 Å². The normalized spacial score (nSPS) is 17.1. The number of benzene rings is 1. The summed E-state index contributed by atoms with van der Waals surface area (Å²) in [6.07, 6.45) is 4.40. The molecule has 6 heteroatoms. The second kappa shape index (κ2) is 7.75. The molecule has 0 fully saturated rings. The highest BCUT2D eigenvalue weighted by Gasteiger charge is 2.20. The van der Waals surface area contributed by atoms with E-state index in [0.29, 0.717) is 12.5 Å². The van der Waals surface area contributed by atoms with E-state index in [2.05, 4.69) is 22.5 Å². The highest BCUT2D eigenvalue weighted by molar-refractivity contribution is 5.39. The van der Waals surface area contributed by atoms with E-state index >= 15 is 0 Å². The molecule has 1 unspecified atom stereocenters. The summed E-state index contributed by atoms with van der Waals surface area (Å²) in [5.41, 5.74) is 3.70. The Kier molecular flexibility index (Phi) is 5.45. The summed E-state index contributed by atoms with van der Waals surface area (Å²) in [6, 6.07) is 6.32. The zero-order valence-corrected chi connectivity index (χ0v) is 13.8. The molecule has 3 rings (SSSR count). The van der Waals surface area contributed by atoms with Crippen LogP contribution >= 0.6 is 0 Å². The molecule has 0 spiro atoms. The molecule has 1 aliphatic rings. The lowest BCUT2D eigenvalue weighted by atomic mass is 9.82. The number of rotatable bonds is 7. The van der Waals surface area contributed by atoms with Gasteiger partial charge in [0.2, 0.25) is 0 Å². The van der Waals surface area contributed by atoms with E-state index in [-0.39, 0.29) is 6.54 Å². The van der Waals surface area contributed by atoms with E-state index in [0.717, 1.165) is 30.7 Å². The van der Waals surface area contributed by atoms with Crippen LogP contribution in [-0.4, -0.2) is 29.9 Å². The van der Waals surface area contributed by atoms with Gasteiger partial charge in [-0.2, -0.15) is 5.10 Å². The van der Waals surface area contributed by atoms with Gasteiger partial charge in [0.1, 0.15) is 12.3 Å². The van der Waals surface area contributed by atoms with Gasteiger partial charge in [0, 0.05) is 24.8 Å².